The number of likely N-dealkylation sites (tertiary alicyclic amines) is 1. The Kier molecular flexibility index (Phi) is 5.70. The first-order chi connectivity index (χ1) is 9.11. The van der Waals surface area contributed by atoms with Crippen molar-refractivity contribution in [3.05, 3.63) is 0 Å². The van der Waals surface area contributed by atoms with Gasteiger partial charge in [-0.25, -0.2) is 0 Å². The van der Waals surface area contributed by atoms with Crippen LogP contribution in [-0.4, -0.2) is 36.6 Å². The predicted octanol–water partition coefficient (Wildman–Crippen LogP) is 3.52. The molecule has 0 amide bonds. The monoisotopic (exact) mass is 266 g/mol. The summed E-state index contributed by atoms with van der Waals surface area (Å²) in [4.78, 5) is 2.81. The van der Waals surface area contributed by atoms with Crippen molar-refractivity contribution in [2.75, 3.05) is 19.6 Å². The first kappa shape index (κ1) is 15.3. The Morgan fingerprint density at radius 2 is 1.84 bits per heavy atom. The van der Waals surface area contributed by atoms with Gasteiger partial charge < -0.3 is 5.32 Å². The second-order valence-electron chi connectivity index (χ2n) is 7.28. The summed E-state index contributed by atoms with van der Waals surface area (Å²) in [7, 11) is 0. The topological polar surface area (TPSA) is 15.3 Å². The third-order valence-electron chi connectivity index (χ3n) is 5.57. The average molecular weight is 266 g/mol. The van der Waals surface area contributed by atoms with Crippen molar-refractivity contribution < 1.29 is 0 Å². The molecule has 1 saturated carbocycles. The lowest BCUT2D eigenvalue weighted by Crippen LogP contribution is -2.56. The van der Waals surface area contributed by atoms with Crippen LogP contribution in [0.15, 0.2) is 0 Å². The molecular weight excluding hydrogens is 232 g/mol. The molecule has 1 N–H and O–H groups in total. The molecule has 1 saturated heterocycles. The largest absolute Gasteiger partial charge is 0.312 e. The van der Waals surface area contributed by atoms with Crippen LogP contribution in [0.25, 0.3) is 0 Å². The highest BCUT2D eigenvalue weighted by molar-refractivity contribution is 4.92. The van der Waals surface area contributed by atoms with E-state index in [0.29, 0.717) is 0 Å². The summed E-state index contributed by atoms with van der Waals surface area (Å²) in [5.74, 6) is 2.71. The first-order valence-corrected chi connectivity index (χ1v) is 8.59. The van der Waals surface area contributed by atoms with Crippen LogP contribution in [0, 0.1) is 17.8 Å². The van der Waals surface area contributed by atoms with Crippen molar-refractivity contribution >= 4 is 0 Å². The summed E-state index contributed by atoms with van der Waals surface area (Å²) in [6.07, 6.45) is 6.85. The Hall–Kier alpha value is -0.0800. The molecule has 112 valence electrons. The number of nitrogens with one attached hydrogen (secondary N) is 1. The van der Waals surface area contributed by atoms with Gasteiger partial charge in [0.25, 0.3) is 0 Å². The van der Waals surface area contributed by atoms with Gasteiger partial charge in [-0.3, -0.25) is 4.90 Å². The van der Waals surface area contributed by atoms with Crippen molar-refractivity contribution in [3.8, 4) is 0 Å². The number of hydrogen-bond donors (Lipinski definition) is 1. The molecule has 0 bridgehead atoms. The molecule has 1 heterocycles. The average Bonchev–Trinajstić information content (AvgIpc) is 2.40. The SMILES string of the molecule is CCCNC1CCC(C)CC1N1CCC(C)C(C)C1. The second-order valence-corrected chi connectivity index (χ2v) is 7.28. The number of hydrogen-bond acceptors (Lipinski definition) is 2. The van der Waals surface area contributed by atoms with Crippen molar-refractivity contribution in [2.24, 2.45) is 17.8 Å². The highest BCUT2D eigenvalue weighted by atomic mass is 15.2. The zero-order chi connectivity index (χ0) is 13.8. The first-order valence-electron chi connectivity index (χ1n) is 8.59. The molecule has 1 aliphatic heterocycles. The fourth-order valence-electron chi connectivity index (χ4n) is 3.92. The number of piperidine rings is 1. The minimum atomic E-state index is 0.747. The van der Waals surface area contributed by atoms with E-state index in [0.717, 1.165) is 29.8 Å². The van der Waals surface area contributed by atoms with Crippen LogP contribution in [-0.2, 0) is 0 Å². The lowest BCUT2D eigenvalue weighted by atomic mass is 9.80. The molecule has 2 aliphatic rings. The van der Waals surface area contributed by atoms with E-state index in [4.69, 9.17) is 0 Å². The summed E-state index contributed by atoms with van der Waals surface area (Å²) >= 11 is 0. The molecular formula is C17H34N2. The van der Waals surface area contributed by atoms with Gasteiger partial charge in [0, 0.05) is 18.6 Å². The lowest BCUT2D eigenvalue weighted by Gasteiger charge is -2.46. The molecule has 0 aromatic carbocycles. The number of nitrogens with zero attached hydrogens (tertiary/aromatic N) is 1. The smallest absolute Gasteiger partial charge is 0.0251 e. The van der Waals surface area contributed by atoms with E-state index >= 15 is 0 Å². The van der Waals surface area contributed by atoms with Gasteiger partial charge in [-0.05, 0) is 62.9 Å². The third kappa shape index (κ3) is 3.95. The van der Waals surface area contributed by atoms with E-state index in [-0.39, 0.29) is 0 Å². The molecule has 2 rings (SSSR count). The molecule has 5 atom stereocenters. The third-order valence-corrected chi connectivity index (χ3v) is 5.57. The van der Waals surface area contributed by atoms with Crippen LogP contribution >= 0.6 is 0 Å². The highest BCUT2D eigenvalue weighted by Crippen LogP contribution is 2.32. The maximum Gasteiger partial charge on any atom is 0.0251 e. The Morgan fingerprint density at radius 1 is 1.05 bits per heavy atom. The molecule has 5 unspecified atom stereocenters. The molecule has 2 fully saturated rings. The minimum Gasteiger partial charge on any atom is -0.312 e. The molecule has 2 heteroatoms. The number of rotatable bonds is 4. The van der Waals surface area contributed by atoms with Gasteiger partial charge in [-0.2, -0.15) is 0 Å². The Balaban J connectivity index is 1.96. The van der Waals surface area contributed by atoms with Crippen LogP contribution in [0.3, 0.4) is 0 Å². The quantitative estimate of drug-likeness (QED) is 0.837. The van der Waals surface area contributed by atoms with E-state index in [2.05, 4.69) is 37.9 Å². The fourth-order valence-corrected chi connectivity index (χ4v) is 3.92. The molecule has 0 spiro atoms. The van der Waals surface area contributed by atoms with Gasteiger partial charge in [-0.1, -0.05) is 27.7 Å². The summed E-state index contributed by atoms with van der Waals surface area (Å²) in [6, 6.07) is 1.54. The van der Waals surface area contributed by atoms with Crippen molar-refractivity contribution in [3.63, 3.8) is 0 Å². The van der Waals surface area contributed by atoms with Gasteiger partial charge in [0.05, 0.1) is 0 Å². The molecule has 19 heavy (non-hydrogen) atoms. The minimum absolute atomic E-state index is 0.747. The van der Waals surface area contributed by atoms with Crippen LogP contribution in [0.1, 0.15) is 59.8 Å². The molecule has 0 aromatic heterocycles. The van der Waals surface area contributed by atoms with Gasteiger partial charge in [0.1, 0.15) is 0 Å². The molecule has 1 aliphatic carbocycles. The maximum absolute atomic E-state index is 3.82. The van der Waals surface area contributed by atoms with Gasteiger partial charge >= 0.3 is 0 Å². The van der Waals surface area contributed by atoms with Gasteiger partial charge in [-0.15, -0.1) is 0 Å². The molecule has 0 aromatic rings. The zero-order valence-electron chi connectivity index (χ0n) is 13.5. The Morgan fingerprint density at radius 3 is 2.53 bits per heavy atom. The predicted molar refractivity (Wildman–Crippen MR) is 83.4 cm³/mol. The molecule has 2 nitrogen and oxygen atoms in total. The van der Waals surface area contributed by atoms with Crippen molar-refractivity contribution in [1.29, 1.82) is 0 Å². The van der Waals surface area contributed by atoms with Crippen LogP contribution in [0.5, 0.6) is 0 Å². The van der Waals surface area contributed by atoms with E-state index in [9.17, 15) is 0 Å². The molecule has 0 radical (unpaired) electrons. The summed E-state index contributed by atoms with van der Waals surface area (Å²) < 4.78 is 0. The van der Waals surface area contributed by atoms with E-state index < -0.39 is 0 Å². The summed E-state index contributed by atoms with van der Waals surface area (Å²) in [6.45, 7) is 13.4. The fraction of sp³-hybridized carbons (Fsp3) is 1.00. The van der Waals surface area contributed by atoms with Crippen LogP contribution in [0.2, 0.25) is 0 Å². The Labute approximate surface area is 120 Å². The van der Waals surface area contributed by atoms with E-state index in [1.807, 2.05) is 0 Å². The van der Waals surface area contributed by atoms with Crippen molar-refractivity contribution in [1.82, 2.24) is 10.2 Å². The maximum atomic E-state index is 3.82. The summed E-state index contributed by atoms with van der Waals surface area (Å²) in [5.41, 5.74) is 0. The second kappa shape index (κ2) is 7.08. The van der Waals surface area contributed by atoms with E-state index in [1.165, 1.54) is 51.7 Å². The van der Waals surface area contributed by atoms with Crippen molar-refractivity contribution in [2.45, 2.75) is 71.9 Å². The summed E-state index contributed by atoms with van der Waals surface area (Å²) in [5, 5.41) is 3.82. The standard InChI is InChI=1S/C17H34N2/c1-5-9-18-16-7-6-13(2)11-17(16)19-10-8-14(3)15(4)12-19/h13-18H,5-12H2,1-4H3. The van der Waals surface area contributed by atoms with E-state index in [1.54, 1.807) is 0 Å². The van der Waals surface area contributed by atoms with Crippen LogP contribution < -0.4 is 5.32 Å². The van der Waals surface area contributed by atoms with Crippen LogP contribution in [0.4, 0.5) is 0 Å². The lowest BCUT2D eigenvalue weighted by molar-refractivity contribution is 0.0462. The Bertz CT molecular complexity index is 264. The van der Waals surface area contributed by atoms with Gasteiger partial charge in [0.15, 0.2) is 0 Å². The normalized spacial score (nSPS) is 41.4. The zero-order valence-corrected chi connectivity index (χ0v) is 13.5. The highest BCUT2D eigenvalue weighted by Gasteiger charge is 2.35. The van der Waals surface area contributed by atoms with Gasteiger partial charge in [0.2, 0.25) is 0 Å².